The molecule has 34 heavy (non-hydrogen) atoms. The highest BCUT2D eigenvalue weighted by Crippen LogP contribution is 2.34. The lowest BCUT2D eigenvalue weighted by Crippen LogP contribution is -2.44. The highest BCUT2D eigenvalue weighted by Gasteiger charge is 2.21. The number of pyridine rings is 2. The fraction of sp³-hybridized carbons (Fsp3) is 0.217. The van der Waals surface area contributed by atoms with Crippen molar-refractivity contribution >= 4 is 28.2 Å². The summed E-state index contributed by atoms with van der Waals surface area (Å²) in [5, 5.41) is 6.77. The summed E-state index contributed by atoms with van der Waals surface area (Å²) in [5.41, 5.74) is 0.968. The van der Waals surface area contributed by atoms with Crippen molar-refractivity contribution < 1.29 is 17.9 Å². The van der Waals surface area contributed by atoms with Gasteiger partial charge in [-0.15, -0.1) is 0 Å². The Morgan fingerprint density at radius 1 is 1.00 bits per heavy atom. The number of aromatic nitrogens is 4. The predicted octanol–water partition coefficient (Wildman–Crippen LogP) is 3.67. The molecular weight excluding hydrogens is 447 g/mol. The summed E-state index contributed by atoms with van der Waals surface area (Å²) < 4.78 is 46.5. The van der Waals surface area contributed by atoms with Crippen LogP contribution >= 0.6 is 0 Å². The number of hydrogen-bond acceptors (Lipinski definition) is 8. The molecule has 3 aromatic heterocycles. The molecule has 0 aliphatic carbocycles. The molecule has 1 saturated heterocycles. The number of nitrogens with one attached hydrogen (secondary N) is 2. The standard InChI is InChI=1S/C23H20F3N7O/c1-34-19-12-28-11-18-21(19)23(33-6-4-27-5-7-33)32-22(31-18)13-2-3-29-20(8-13)30-17-10-15(25)14(24)9-16(17)26/h2-3,8-12,27H,4-7H2,1H3,(H,29,30). The second-order valence-electron chi connectivity index (χ2n) is 7.64. The van der Waals surface area contributed by atoms with Crippen LogP contribution in [0.1, 0.15) is 0 Å². The second kappa shape index (κ2) is 9.10. The van der Waals surface area contributed by atoms with Gasteiger partial charge in [-0.25, -0.2) is 28.1 Å². The molecule has 1 aliphatic heterocycles. The molecule has 5 rings (SSSR count). The van der Waals surface area contributed by atoms with Crippen molar-refractivity contribution in [1.29, 1.82) is 0 Å². The van der Waals surface area contributed by atoms with Crippen molar-refractivity contribution in [3.63, 3.8) is 0 Å². The topological polar surface area (TPSA) is 88.1 Å². The number of fused-ring (bicyclic) bond motifs is 1. The third-order valence-electron chi connectivity index (χ3n) is 5.48. The lowest BCUT2D eigenvalue weighted by Gasteiger charge is -2.29. The zero-order valence-corrected chi connectivity index (χ0v) is 18.1. The Labute approximate surface area is 192 Å². The number of halogens is 3. The predicted molar refractivity (Wildman–Crippen MR) is 122 cm³/mol. The quantitative estimate of drug-likeness (QED) is 0.430. The Morgan fingerprint density at radius 2 is 1.79 bits per heavy atom. The number of ether oxygens (including phenoxy) is 1. The summed E-state index contributed by atoms with van der Waals surface area (Å²) in [5.74, 6) is -1.45. The average molecular weight is 467 g/mol. The van der Waals surface area contributed by atoms with Crippen molar-refractivity contribution in [2.75, 3.05) is 43.5 Å². The van der Waals surface area contributed by atoms with E-state index in [-0.39, 0.29) is 11.5 Å². The van der Waals surface area contributed by atoms with E-state index in [9.17, 15) is 13.2 Å². The minimum Gasteiger partial charge on any atom is -0.494 e. The van der Waals surface area contributed by atoms with Crippen LogP contribution in [-0.2, 0) is 0 Å². The highest BCUT2D eigenvalue weighted by atomic mass is 19.2. The van der Waals surface area contributed by atoms with Gasteiger partial charge in [-0.3, -0.25) is 4.98 Å². The van der Waals surface area contributed by atoms with Crippen LogP contribution in [0.4, 0.5) is 30.5 Å². The number of benzene rings is 1. The summed E-state index contributed by atoms with van der Waals surface area (Å²) in [7, 11) is 1.57. The van der Waals surface area contributed by atoms with Crippen LogP contribution in [0.15, 0.2) is 42.9 Å². The zero-order chi connectivity index (χ0) is 23.7. The Balaban J connectivity index is 1.58. The number of rotatable bonds is 5. The van der Waals surface area contributed by atoms with Gasteiger partial charge in [0.15, 0.2) is 17.5 Å². The fourth-order valence-corrected chi connectivity index (χ4v) is 3.82. The van der Waals surface area contributed by atoms with E-state index in [4.69, 9.17) is 9.72 Å². The molecule has 1 aliphatic rings. The summed E-state index contributed by atoms with van der Waals surface area (Å²) in [6.07, 6.45) is 4.77. The van der Waals surface area contributed by atoms with Crippen molar-refractivity contribution in [2.45, 2.75) is 0 Å². The molecule has 2 N–H and O–H groups in total. The number of piperazine rings is 1. The van der Waals surface area contributed by atoms with Crippen LogP contribution < -0.4 is 20.3 Å². The minimum atomic E-state index is -1.26. The van der Waals surface area contributed by atoms with Gasteiger partial charge < -0.3 is 20.3 Å². The van der Waals surface area contributed by atoms with Gasteiger partial charge in [0.2, 0.25) is 0 Å². The lowest BCUT2D eigenvalue weighted by molar-refractivity contribution is 0.418. The van der Waals surface area contributed by atoms with Crippen LogP contribution in [0.25, 0.3) is 22.3 Å². The van der Waals surface area contributed by atoms with Gasteiger partial charge >= 0.3 is 0 Å². The third-order valence-corrected chi connectivity index (χ3v) is 5.48. The van der Waals surface area contributed by atoms with Gasteiger partial charge in [0.05, 0.1) is 36.1 Å². The summed E-state index contributed by atoms with van der Waals surface area (Å²) in [6, 6.07) is 4.54. The number of nitrogens with zero attached hydrogens (tertiary/aromatic N) is 5. The van der Waals surface area contributed by atoms with Gasteiger partial charge in [0.25, 0.3) is 0 Å². The van der Waals surface area contributed by atoms with E-state index in [1.807, 2.05) is 0 Å². The number of methoxy groups -OCH3 is 1. The smallest absolute Gasteiger partial charge is 0.162 e. The fourth-order valence-electron chi connectivity index (χ4n) is 3.82. The van der Waals surface area contributed by atoms with E-state index in [0.29, 0.717) is 28.7 Å². The maximum Gasteiger partial charge on any atom is 0.162 e. The zero-order valence-electron chi connectivity index (χ0n) is 18.1. The Bertz CT molecular complexity index is 1360. The van der Waals surface area contributed by atoms with Crippen LogP contribution in [-0.4, -0.2) is 53.2 Å². The Hall–Kier alpha value is -3.99. The minimum absolute atomic E-state index is 0.221. The molecule has 1 aromatic carbocycles. The van der Waals surface area contributed by atoms with E-state index in [1.54, 1.807) is 31.6 Å². The number of hydrogen-bond donors (Lipinski definition) is 2. The van der Waals surface area contributed by atoms with Crippen LogP contribution in [0.3, 0.4) is 0 Å². The first-order chi connectivity index (χ1) is 16.5. The Kier molecular flexibility index (Phi) is 5.84. The number of anilines is 3. The first kappa shape index (κ1) is 21.8. The van der Waals surface area contributed by atoms with Gasteiger partial charge in [-0.05, 0) is 12.1 Å². The molecule has 0 amide bonds. The van der Waals surface area contributed by atoms with E-state index < -0.39 is 17.5 Å². The SMILES string of the molecule is COc1cncc2nc(-c3ccnc(Nc4cc(F)c(F)cc4F)c3)nc(N3CCNCC3)c12. The van der Waals surface area contributed by atoms with Crippen molar-refractivity contribution in [3.05, 3.63) is 60.3 Å². The van der Waals surface area contributed by atoms with E-state index in [0.717, 1.165) is 43.4 Å². The Morgan fingerprint density at radius 3 is 2.59 bits per heavy atom. The van der Waals surface area contributed by atoms with E-state index >= 15 is 0 Å². The maximum atomic E-state index is 14.1. The molecule has 0 saturated carbocycles. The molecule has 0 bridgehead atoms. The van der Waals surface area contributed by atoms with Crippen molar-refractivity contribution in [1.82, 2.24) is 25.3 Å². The van der Waals surface area contributed by atoms with Crippen molar-refractivity contribution in [3.8, 4) is 17.1 Å². The van der Waals surface area contributed by atoms with E-state index in [1.165, 1.54) is 6.20 Å². The largest absolute Gasteiger partial charge is 0.494 e. The van der Waals surface area contributed by atoms with E-state index in [2.05, 4.69) is 30.5 Å². The molecule has 11 heteroatoms. The summed E-state index contributed by atoms with van der Waals surface area (Å²) in [6.45, 7) is 3.15. The van der Waals surface area contributed by atoms with Crippen LogP contribution in [0, 0.1) is 17.5 Å². The molecule has 0 spiro atoms. The van der Waals surface area contributed by atoms with Crippen LogP contribution in [0.5, 0.6) is 5.75 Å². The average Bonchev–Trinajstić information content (AvgIpc) is 2.87. The summed E-state index contributed by atoms with van der Waals surface area (Å²) >= 11 is 0. The van der Waals surface area contributed by atoms with Gasteiger partial charge in [0.1, 0.15) is 23.2 Å². The van der Waals surface area contributed by atoms with Gasteiger partial charge in [0, 0.05) is 50.1 Å². The first-order valence-electron chi connectivity index (χ1n) is 10.6. The van der Waals surface area contributed by atoms with Crippen molar-refractivity contribution in [2.24, 2.45) is 0 Å². The highest BCUT2D eigenvalue weighted by molar-refractivity contribution is 5.95. The van der Waals surface area contributed by atoms with Gasteiger partial charge in [-0.2, -0.15) is 0 Å². The van der Waals surface area contributed by atoms with Gasteiger partial charge in [-0.1, -0.05) is 0 Å². The molecule has 4 heterocycles. The molecule has 0 unspecified atom stereocenters. The normalized spacial score (nSPS) is 13.8. The molecule has 174 valence electrons. The molecular formula is C23H20F3N7O. The van der Waals surface area contributed by atoms with Crippen LogP contribution in [0.2, 0.25) is 0 Å². The maximum absolute atomic E-state index is 14.1. The second-order valence-corrected chi connectivity index (χ2v) is 7.64. The lowest BCUT2D eigenvalue weighted by atomic mass is 10.2. The third kappa shape index (κ3) is 4.17. The molecule has 0 radical (unpaired) electrons. The molecule has 4 aromatic rings. The monoisotopic (exact) mass is 467 g/mol. The molecule has 1 fully saturated rings. The first-order valence-corrected chi connectivity index (χ1v) is 10.6. The molecule has 0 atom stereocenters. The molecule has 8 nitrogen and oxygen atoms in total. The summed E-state index contributed by atoms with van der Waals surface area (Å²) in [4.78, 5) is 20.0.